The van der Waals surface area contributed by atoms with E-state index in [1.165, 1.54) is 44.6 Å². The van der Waals surface area contributed by atoms with Gasteiger partial charge in [-0.3, -0.25) is 14.9 Å². The maximum absolute atomic E-state index is 13.1. The van der Waals surface area contributed by atoms with E-state index >= 15 is 0 Å². The summed E-state index contributed by atoms with van der Waals surface area (Å²) >= 11 is 0. The fourth-order valence-corrected chi connectivity index (χ4v) is 2.91. The Morgan fingerprint density at radius 2 is 1.80 bits per heavy atom. The zero-order valence-corrected chi connectivity index (χ0v) is 16.6. The van der Waals surface area contributed by atoms with Crippen molar-refractivity contribution >= 4 is 29.6 Å². The van der Waals surface area contributed by atoms with Gasteiger partial charge in [-0.1, -0.05) is 6.07 Å². The van der Waals surface area contributed by atoms with Crippen molar-refractivity contribution < 1.29 is 33.7 Å². The summed E-state index contributed by atoms with van der Waals surface area (Å²) < 4.78 is 15.7. The van der Waals surface area contributed by atoms with Crippen molar-refractivity contribution in [3.63, 3.8) is 0 Å². The molecule has 0 atom stereocenters. The number of methoxy groups -OCH3 is 2. The molecule has 1 fully saturated rings. The summed E-state index contributed by atoms with van der Waals surface area (Å²) in [5, 5.41) is 12.0. The van der Waals surface area contributed by atoms with Gasteiger partial charge in [-0.15, -0.1) is 0 Å². The van der Waals surface area contributed by atoms with Gasteiger partial charge in [0.15, 0.2) is 11.5 Å². The Morgan fingerprint density at radius 1 is 1.03 bits per heavy atom. The summed E-state index contributed by atoms with van der Waals surface area (Å²) in [4.78, 5) is 38.7. The number of phenolic OH excluding ortho intramolecular Hbond substituents is 1. The third-order valence-corrected chi connectivity index (χ3v) is 4.32. The van der Waals surface area contributed by atoms with Crippen molar-refractivity contribution in [1.82, 2.24) is 5.32 Å². The van der Waals surface area contributed by atoms with Gasteiger partial charge in [0.1, 0.15) is 17.1 Å². The molecular formula is C21H20N2O7. The number of carbonyl (C=O) groups is 3. The molecule has 1 aliphatic rings. The number of hydrogen-bond donors (Lipinski definition) is 2. The highest BCUT2D eigenvalue weighted by atomic mass is 16.5. The first-order valence-electron chi connectivity index (χ1n) is 8.98. The SMILES string of the molecule is CCOc1cc(C=C2C(=O)NC(=O)N(c3cc(OC)ccc3OC)C2=O)ccc1O. The van der Waals surface area contributed by atoms with Crippen molar-refractivity contribution in [3.8, 4) is 23.0 Å². The molecule has 3 rings (SSSR count). The summed E-state index contributed by atoms with van der Waals surface area (Å²) in [6, 6.07) is 8.09. The number of barbiturate groups is 1. The highest BCUT2D eigenvalue weighted by Gasteiger charge is 2.38. The van der Waals surface area contributed by atoms with E-state index in [1.807, 2.05) is 0 Å². The standard InChI is InChI=1S/C21H20N2O7/c1-4-30-18-10-12(5-7-16(18)24)9-14-19(25)22-21(27)23(20(14)26)15-11-13(28-2)6-8-17(15)29-3/h5-11,24H,4H2,1-3H3,(H,22,25,27). The third-order valence-electron chi connectivity index (χ3n) is 4.32. The van der Waals surface area contributed by atoms with Gasteiger partial charge >= 0.3 is 6.03 Å². The van der Waals surface area contributed by atoms with Crippen LogP contribution in [-0.2, 0) is 9.59 Å². The molecule has 0 unspecified atom stereocenters. The van der Waals surface area contributed by atoms with Gasteiger partial charge in [-0.2, -0.15) is 0 Å². The summed E-state index contributed by atoms with van der Waals surface area (Å²) in [6.07, 6.45) is 1.31. The number of ether oxygens (including phenoxy) is 3. The Labute approximate surface area is 172 Å². The number of carbonyl (C=O) groups excluding carboxylic acids is 3. The van der Waals surface area contributed by atoms with E-state index in [0.29, 0.717) is 17.9 Å². The number of rotatable bonds is 6. The molecule has 0 aliphatic carbocycles. The topological polar surface area (TPSA) is 114 Å². The first-order valence-corrected chi connectivity index (χ1v) is 8.98. The predicted molar refractivity (Wildman–Crippen MR) is 108 cm³/mol. The molecular weight excluding hydrogens is 392 g/mol. The third kappa shape index (κ3) is 3.90. The number of phenols is 1. The molecule has 2 aromatic rings. The van der Waals surface area contributed by atoms with E-state index in [2.05, 4.69) is 5.32 Å². The zero-order valence-electron chi connectivity index (χ0n) is 16.6. The van der Waals surface area contributed by atoms with E-state index in [0.717, 1.165) is 4.90 Å². The summed E-state index contributed by atoms with van der Waals surface area (Å²) in [5.74, 6) is -0.894. The summed E-state index contributed by atoms with van der Waals surface area (Å²) in [5.41, 5.74) is 0.285. The molecule has 1 aliphatic heterocycles. The van der Waals surface area contributed by atoms with Crippen LogP contribution in [0.5, 0.6) is 23.0 Å². The Bertz CT molecular complexity index is 1050. The minimum atomic E-state index is -0.908. The number of imide groups is 2. The molecule has 9 heteroatoms. The molecule has 0 saturated carbocycles. The van der Waals surface area contributed by atoms with Crippen LogP contribution in [0.15, 0.2) is 42.0 Å². The van der Waals surface area contributed by atoms with Crippen molar-refractivity contribution in [2.75, 3.05) is 25.7 Å². The normalized spacial score (nSPS) is 15.2. The van der Waals surface area contributed by atoms with Crippen LogP contribution in [0.4, 0.5) is 10.5 Å². The van der Waals surface area contributed by atoms with Gasteiger partial charge in [0, 0.05) is 6.07 Å². The average molecular weight is 412 g/mol. The molecule has 4 amide bonds. The summed E-state index contributed by atoms with van der Waals surface area (Å²) in [6.45, 7) is 2.08. The van der Waals surface area contributed by atoms with E-state index in [-0.39, 0.29) is 28.5 Å². The van der Waals surface area contributed by atoms with E-state index in [9.17, 15) is 19.5 Å². The highest BCUT2D eigenvalue weighted by molar-refractivity contribution is 6.39. The molecule has 1 heterocycles. The lowest BCUT2D eigenvalue weighted by molar-refractivity contribution is -0.122. The number of nitrogens with zero attached hydrogens (tertiary/aromatic N) is 1. The number of urea groups is 1. The monoisotopic (exact) mass is 412 g/mol. The number of hydrogen-bond acceptors (Lipinski definition) is 7. The van der Waals surface area contributed by atoms with Crippen LogP contribution in [0, 0.1) is 0 Å². The van der Waals surface area contributed by atoms with Crippen LogP contribution in [0.25, 0.3) is 6.08 Å². The lowest BCUT2D eigenvalue weighted by Crippen LogP contribution is -2.54. The van der Waals surface area contributed by atoms with E-state index < -0.39 is 17.8 Å². The second-order valence-electron chi connectivity index (χ2n) is 6.16. The Kier molecular flexibility index (Phi) is 5.91. The quantitative estimate of drug-likeness (QED) is 0.553. The Hall–Kier alpha value is -4.01. The van der Waals surface area contributed by atoms with Crippen LogP contribution in [-0.4, -0.2) is 43.8 Å². The lowest BCUT2D eigenvalue weighted by atomic mass is 10.1. The van der Waals surface area contributed by atoms with Crippen molar-refractivity contribution in [2.45, 2.75) is 6.92 Å². The Balaban J connectivity index is 2.06. The van der Waals surface area contributed by atoms with Crippen molar-refractivity contribution in [1.29, 1.82) is 0 Å². The molecule has 0 spiro atoms. The first-order chi connectivity index (χ1) is 14.4. The molecule has 156 valence electrons. The van der Waals surface area contributed by atoms with Gasteiger partial charge in [-0.05, 0) is 42.8 Å². The van der Waals surface area contributed by atoms with Gasteiger partial charge in [0.2, 0.25) is 0 Å². The largest absolute Gasteiger partial charge is 0.504 e. The summed E-state index contributed by atoms with van der Waals surface area (Å²) in [7, 11) is 2.84. The molecule has 30 heavy (non-hydrogen) atoms. The maximum Gasteiger partial charge on any atom is 0.336 e. The second kappa shape index (κ2) is 8.56. The highest BCUT2D eigenvalue weighted by Crippen LogP contribution is 2.35. The zero-order chi connectivity index (χ0) is 21.8. The number of amides is 4. The maximum atomic E-state index is 13.1. The molecule has 2 N–H and O–H groups in total. The van der Waals surface area contributed by atoms with Crippen LogP contribution in [0.3, 0.4) is 0 Å². The van der Waals surface area contributed by atoms with E-state index in [1.54, 1.807) is 19.1 Å². The molecule has 0 aromatic heterocycles. The number of nitrogens with one attached hydrogen (secondary N) is 1. The minimum Gasteiger partial charge on any atom is -0.504 e. The number of benzene rings is 2. The van der Waals surface area contributed by atoms with Crippen LogP contribution >= 0.6 is 0 Å². The fourth-order valence-electron chi connectivity index (χ4n) is 2.91. The van der Waals surface area contributed by atoms with Gasteiger partial charge in [-0.25, -0.2) is 9.69 Å². The molecule has 0 radical (unpaired) electrons. The molecule has 2 aromatic carbocycles. The molecule has 9 nitrogen and oxygen atoms in total. The van der Waals surface area contributed by atoms with Crippen LogP contribution in [0.1, 0.15) is 12.5 Å². The number of aromatic hydroxyl groups is 1. The van der Waals surface area contributed by atoms with Gasteiger partial charge in [0.05, 0.1) is 26.5 Å². The molecule has 0 bridgehead atoms. The minimum absolute atomic E-state index is 0.0728. The Morgan fingerprint density at radius 3 is 2.47 bits per heavy atom. The lowest BCUT2D eigenvalue weighted by Gasteiger charge is -2.27. The van der Waals surface area contributed by atoms with Crippen molar-refractivity contribution in [2.24, 2.45) is 0 Å². The second-order valence-corrected chi connectivity index (χ2v) is 6.16. The van der Waals surface area contributed by atoms with Gasteiger partial charge < -0.3 is 19.3 Å². The predicted octanol–water partition coefficient (Wildman–Crippen LogP) is 2.47. The average Bonchev–Trinajstić information content (AvgIpc) is 2.73. The van der Waals surface area contributed by atoms with E-state index in [4.69, 9.17) is 14.2 Å². The number of anilines is 1. The van der Waals surface area contributed by atoms with Crippen LogP contribution in [0.2, 0.25) is 0 Å². The first kappa shape index (κ1) is 20.7. The van der Waals surface area contributed by atoms with Crippen LogP contribution < -0.4 is 24.4 Å². The van der Waals surface area contributed by atoms with Crippen molar-refractivity contribution in [3.05, 3.63) is 47.5 Å². The fraction of sp³-hybridized carbons (Fsp3) is 0.190. The van der Waals surface area contributed by atoms with Gasteiger partial charge in [0.25, 0.3) is 11.8 Å². The smallest absolute Gasteiger partial charge is 0.336 e. The molecule has 1 saturated heterocycles.